The molecule has 0 saturated heterocycles. The molecule has 0 saturated carbocycles. The van der Waals surface area contributed by atoms with Crippen LogP contribution in [0.25, 0.3) is 0 Å². The van der Waals surface area contributed by atoms with Crippen molar-refractivity contribution in [2.75, 3.05) is 11.5 Å². The zero-order valence-electron chi connectivity index (χ0n) is 7.23. The highest BCUT2D eigenvalue weighted by atomic mass is 32.2. The molecule has 4 heteroatoms. The van der Waals surface area contributed by atoms with Crippen molar-refractivity contribution in [1.82, 2.24) is 9.78 Å². The molecule has 1 heterocycles. The van der Waals surface area contributed by atoms with Crippen molar-refractivity contribution in [2.24, 2.45) is 0 Å². The van der Waals surface area contributed by atoms with E-state index in [4.69, 9.17) is 5.11 Å². The molecule has 0 aliphatic carbocycles. The van der Waals surface area contributed by atoms with E-state index in [2.05, 4.69) is 12.0 Å². The van der Waals surface area contributed by atoms with Crippen molar-refractivity contribution in [3.63, 3.8) is 0 Å². The normalized spacial score (nSPS) is 10.4. The number of hydrogen-bond donors (Lipinski definition) is 1. The fourth-order valence-corrected chi connectivity index (χ4v) is 1.57. The van der Waals surface area contributed by atoms with E-state index >= 15 is 0 Å². The minimum absolute atomic E-state index is 0.248. The zero-order valence-corrected chi connectivity index (χ0v) is 8.05. The lowest BCUT2D eigenvalue weighted by atomic mass is 10.5. The minimum atomic E-state index is 0.248. The van der Waals surface area contributed by atoms with Crippen LogP contribution in [0.4, 0.5) is 0 Å². The number of nitrogens with zero attached hydrogens (tertiary/aromatic N) is 2. The van der Waals surface area contributed by atoms with Crippen LogP contribution < -0.4 is 0 Å². The summed E-state index contributed by atoms with van der Waals surface area (Å²) in [5.74, 6) is 2.58. The third kappa shape index (κ3) is 3.17. The van der Waals surface area contributed by atoms with E-state index in [1.807, 2.05) is 11.8 Å². The standard InChI is InChI=1S/C8H14N2OS/c1-2-12-5-3-4-10-7-8(11)6-9-10/h6-7,11H,2-5H2,1H3. The molecule has 0 atom stereocenters. The highest BCUT2D eigenvalue weighted by Crippen LogP contribution is 2.06. The predicted octanol–water partition coefficient (Wildman–Crippen LogP) is 1.73. The Labute approximate surface area is 76.8 Å². The van der Waals surface area contributed by atoms with Gasteiger partial charge in [-0.3, -0.25) is 4.68 Å². The Bertz CT molecular complexity index is 225. The molecule has 3 nitrogen and oxygen atoms in total. The molecule has 0 amide bonds. The molecule has 1 aromatic rings. The molecule has 12 heavy (non-hydrogen) atoms. The van der Waals surface area contributed by atoms with Crippen molar-refractivity contribution >= 4 is 11.8 Å². The quantitative estimate of drug-likeness (QED) is 0.712. The summed E-state index contributed by atoms with van der Waals surface area (Å²) in [6, 6.07) is 0. The van der Waals surface area contributed by atoms with E-state index in [9.17, 15) is 0 Å². The highest BCUT2D eigenvalue weighted by Gasteiger charge is 1.94. The summed E-state index contributed by atoms with van der Waals surface area (Å²) in [4.78, 5) is 0. The molecule has 0 radical (unpaired) electrons. The van der Waals surface area contributed by atoms with E-state index in [1.165, 1.54) is 11.9 Å². The maximum absolute atomic E-state index is 8.97. The molecule has 0 aliphatic rings. The van der Waals surface area contributed by atoms with Crippen molar-refractivity contribution in [3.05, 3.63) is 12.4 Å². The molecule has 0 spiro atoms. The van der Waals surface area contributed by atoms with Gasteiger partial charge in [-0.1, -0.05) is 6.92 Å². The van der Waals surface area contributed by atoms with E-state index in [0.717, 1.165) is 18.7 Å². The van der Waals surface area contributed by atoms with Crippen LogP contribution >= 0.6 is 11.8 Å². The van der Waals surface area contributed by atoms with Gasteiger partial charge in [-0.15, -0.1) is 0 Å². The van der Waals surface area contributed by atoms with Gasteiger partial charge in [0, 0.05) is 6.54 Å². The van der Waals surface area contributed by atoms with E-state index in [1.54, 1.807) is 10.9 Å². The molecular weight excluding hydrogens is 172 g/mol. The van der Waals surface area contributed by atoms with Crippen LogP contribution in [0.1, 0.15) is 13.3 Å². The largest absolute Gasteiger partial charge is 0.505 e. The fraction of sp³-hybridized carbons (Fsp3) is 0.625. The van der Waals surface area contributed by atoms with Gasteiger partial charge in [0.15, 0.2) is 5.75 Å². The third-order valence-corrected chi connectivity index (χ3v) is 2.49. The average molecular weight is 186 g/mol. The molecule has 1 aromatic heterocycles. The van der Waals surface area contributed by atoms with Crippen LogP contribution in [-0.4, -0.2) is 26.4 Å². The molecular formula is C8H14N2OS. The Kier molecular flexibility index (Phi) is 4.00. The summed E-state index contributed by atoms with van der Waals surface area (Å²) in [6.07, 6.45) is 4.23. The lowest BCUT2D eigenvalue weighted by molar-refractivity contribution is 0.473. The van der Waals surface area contributed by atoms with Gasteiger partial charge >= 0.3 is 0 Å². The van der Waals surface area contributed by atoms with Crippen LogP contribution in [0.5, 0.6) is 5.75 Å². The monoisotopic (exact) mass is 186 g/mol. The van der Waals surface area contributed by atoms with Gasteiger partial charge in [-0.25, -0.2) is 0 Å². The SMILES string of the molecule is CCSCCCn1cc(O)cn1. The topological polar surface area (TPSA) is 38.0 Å². The summed E-state index contributed by atoms with van der Waals surface area (Å²) in [5.41, 5.74) is 0. The lowest BCUT2D eigenvalue weighted by Gasteiger charge is -1.99. The van der Waals surface area contributed by atoms with Crippen LogP contribution in [0, 0.1) is 0 Å². The number of aryl methyl sites for hydroxylation is 1. The Balaban J connectivity index is 2.15. The summed E-state index contributed by atoms with van der Waals surface area (Å²) in [6.45, 7) is 3.05. The van der Waals surface area contributed by atoms with Crippen molar-refractivity contribution in [3.8, 4) is 5.75 Å². The number of rotatable bonds is 5. The van der Waals surface area contributed by atoms with E-state index < -0.39 is 0 Å². The van der Waals surface area contributed by atoms with Crippen LogP contribution in [-0.2, 0) is 6.54 Å². The van der Waals surface area contributed by atoms with Crippen molar-refractivity contribution in [1.29, 1.82) is 0 Å². The average Bonchev–Trinajstić information content (AvgIpc) is 2.45. The molecule has 0 fully saturated rings. The molecule has 1 rings (SSSR count). The fourth-order valence-electron chi connectivity index (χ4n) is 0.948. The first-order valence-electron chi connectivity index (χ1n) is 4.12. The second kappa shape index (κ2) is 5.09. The molecule has 1 N–H and O–H groups in total. The van der Waals surface area contributed by atoms with Gasteiger partial charge in [0.1, 0.15) is 0 Å². The summed E-state index contributed by atoms with van der Waals surface area (Å²) >= 11 is 1.93. The molecule has 68 valence electrons. The number of aromatic nitrogens is 2. The molecule has 0 aromatic carbocycles. The molecule has 0 aliphatic heterocycles. The third-order valence-electron chi connectivity index (χ3n) is 1.50. The van der Waals surface area contributed by atoms with Gasteiger partial charge in [-0.2, -0.15) is 16.9 Å². The lowest BCUT2D eigenvalue weighted by Crippen LogP contribution is -1.99. The summed E-state index contributed by atoms with van der Waals surface area (Å²) < 4.78 is 1.77. The zero-order chi connectivity index (χ0) is 8.81. The number of hydrogen-bond acceptors (Lipinski definition) is 3. The van der Waals surface area contributed by atoms with Crippen molar-refractivity contribution in [2.45, 2.75) is 19.9 Å². The van der Waals surface area contributed by atoms with Crippen molar-refractivity contribution < 1.29 is 5.11 Å². The Morgan fingerprint density at radius 2 is 2.50 bits per heavy atom. The first kappa shape index (κ1) is 9.45. The predicted molar refractivity (Wildman–Crippen MR) is 51.5 cm³/mol. The Morgan fingerprint density at radius 1 is 1.67 bits per heavy atom. The summed E-state index contributed by atoms with van der Waals surface area (Å²) in [7, 11) is 0. The second-order valence-electron chi connectivity index (χ2n) is 2.51. The van der Waals surface area contributed by atoms with Gasteiger partial charge in [0.25, 0.3) is 0 Å². The first-order chi connectivity index (χ1) is 5.83. The summed E-state index contributed by atoms with van der Waals surface area (Å²) in [5, 5.41) is 12.9. The van der Waals surface area contributed by atoms with Gasteiger partial charge < -0.3 is 5.11 Å². The first-order valence-corrected chi connectivity index (χ1v) is 5.27. The maximum atomic E-state index is 8.97. The minimum Gasteiger partial charge on any atom is -0.505 e. The van der Waals surface area contributed by atoms with Gasteiger partial charge in [0.2, 0.25) is 0 Å². The maximum Gasteiger partial charge on any atom is 0.153 e. The van der Waals surface area contributed by atoms with Crippen LogP contribution in [0.2, 0.25) is 0 Å². The molecule has 0 unspecified atom stereocenters. The van der Waals surface area contributed by atoms with Crippen LogP contribution in [0.3, 0.4) is 0 Å². The Hall–Kier alpha value is -0.640. The second-order valence-corrected chi connectivity index (χ2v) is 3.91. The van der Waals surface area contributed by atoms with E-state index in [-0.39, 0.29) is 5.75 Å². The smallest absolute Gasteiger partial charge is 0.153 e. The van der Waals surface area contributed by atoms with Gasteiger partial charge in [-0.05, 0) is 17.9 Å². The number of thioether (sulfide) groups is 1. The van der Waals surface area contributed by atoms with Gasteiger partial charge in [0.05, 0.1) is 12.4 Å². The Morgan fingerprint density at radius 3 is 3.08 bits per heavy atom. The molecule has 0 bridgehead atoms. The van der Waals surface area contributed by atoms with E-state index in [0.29, 0.717) is 0 Å². The highest BCUT2D eigenvalue weighted by molar-refractivity contribution is 7.99. The van der Waals surface area contributed by atoms with Crippen LogP contribution in [0.15, 0.2) is 12.4 Å². The number of aromatic hydroxyl groups is 1.